The Kier molecular flexibility index (Phi) is 9.32. The number of hydrogen-bond donors (Lipinski definition) is 0. The normalized spacial score (nSPS) is 13.9. The first-order valence-electron chi connectivity index (χ1n) is 22.9. The standard InChI is InChI=1S/C64H43NS/c1-3-21-49(22-4-1)65(50-23-5-2-6-24-50)64-56-29-15-13-27-53(56)63(54-28-14-16-30-57(54)64)60-38-37-59(66-60)46-35-36-55-58(41-46)62(48-34-32-43-18-8-10-20-45(43)40-48)52-26-12-11-25-51(52)61(55)47-33-31-42-17-7-9-19-44(42)39-47/h1-36,38-41,59H,37H2. The summed E-state index contributed by atoms with van der Waals surface area (Å²) in [5.74, 6) is 0. The van der Waals surface area contributed by atoms with Gasteiger partial charge >= 0.3 is 0 Å². The predicted molar refractivity (Wildman–Crippen MR) is 286 cm³/mol. The minimum absolute atomic E-state index is 0.256. The molecule has 1 aliphatic heterocycles. The molecule has 1 nitrogen and oxygen atoms in total. The summed E-state index contributed by atoms with van der Waals surface area (Å²) < 4.78 is 0. The predicted octanol–water partition coefficient (Wildman–Crippen LogP) is 18.6. The summed E-state index contributed by atoms with van der Waals surface area (Å²) in [6.07, 6.45) is 3.46. The van der Waals surface area contributed by atoms with Gasteiger partial charge in [0.05, 0.1) is 5.69 Å². The highest BCUT2D eigenvalue weighted by Crippen LogP contribution is 2.55. The minimum atomic E-state index is 0.256. The van der Waals surface area contributed by atoms with Crippen molar-refractivity contribution >= 4 is 98.4 Å². The lowest BCUT2D eigenvalue weighted by molar-refractivity contribution is 0.994. The van der Waals surface area contributed by atoms with Gasteiger partial charge in [0.25, 0.3) is 0 Å². The van der Waals surface area contributed by atoms with E-state index < -0.39 is 0 Å². The smallest absolute Gasteiger partial charge is 0.0618 e. The van der Waals surface area contributed by atoms with Crippen molar-refractivity contribution < 1.29 is 0 Å². The second-order valence-corrected chi connectivity index (χ2v) is 18.7. The van der Waals surface area contributed by atoms with Crippen LogP contribution in [0, 0.1) is 0 Å². The van der Waals surface area contributed by atoms with Gasteiger partial charge in [0.2, 0.25) is 0 Å². The molecule has 0 radical (unpaired) electrons. The molecule has 12 aromatic rings. The van der Waals surface area contributed by atoms with Gasteiger partial charge in [0.1, 0.15) is 0 Å². The average Bonchev–Trinajstić information content (AvgIpc) is 3.88. The fourth-order valence-corrected chi connectivity index (χ4v) is 12.0. The van der Waals surface area contributed by atoms with Crippen molar-refractivity contribution in [3.8, 4) is 22.3 Å². The number of nitrogens with zero attached hydrogens (tertiary/aromatic N) is 1. The van der Waals surface area contributed by atoms with Crippen molar-refractivity contribution in [2.75, 3.05) is 4.90 Å². The lowest BCUT2D eigenvalue weighted by atomic mass is 9.84. The fraction of sp³-hybridized carbons (Fsp3) is 0.0312. The van der Waals surface area contributed by atoms with Gasteiger partial charge in [0.15, 0.2) is 0 Å². The van der Waals surface area contributed by atoms with Crippen LogP contribution in [0.5, 0.6) is 0 Å². The van der Waals surface area contributed by atoms with E-state index in [4.69, 9.17) is 0 Å². The average molecular weight is 858 g/mol. The van der Waals surface area contributed by atoms with Gasteiger partial charge in [-0.3, -0.25) is 0 Å². The molecule has 1 unspecified atom stereocenters. The van der Waals surface area contributed by atoms with Crippen LogP contribution in [-0.2, 0) is 0 Å². The van der Waals surface area contributed by atoms with Gasteiger partial charge in [-0.05, 0) is 131 Å². The van der Waals surface area contributed by atoms with E-state index in [1.807, 2.05) is 11.8 Å². The van der Waals surface area contributed by atoms with E-state index in [0.717, 1.165) is 17.8 Å². The summed E-state index contributed by atoms with van der Waals surface area (Å²) in [7, 11) is 0. The van der Waals surface area contributed by atoms with Crippen LogP contribution >= 0.6 is 11.8 Å². The fourth-order valence-electron chi connectivity index (χ4n) is 10.7. The first kappa shape index (κ1) is 38.5. The van der Waals surface area contributed by atoms with Gasteiger partial charge in [-0.15, -0.1) is 11.8 Å². The molecule has 66 heavy (non-hydrogen) atoms. The first-order valence-corrected chi connectivity index (χ1v) is 23.8. The van der Waals surface area contributed by atoms with Crippen LogP contribution in [-0.4, -0.2) is 0 Å². The molecule has 310 valence electrons. The second kappa shape index (κ2) is 16.0. The number of benzene rings is 12. The van der Waals surface area contributed by atoms with Crippen LogP contribution in [0.2, 0.25) is 0 Å². The van der Waals surface area contributed by atoms with Crippen molar-refractivity contribution in [1.82, 2.24) is 0 Å². The van der Waals surface area contributed by atoms with Crippen molar-refractivity contribution in [3.05, 3.63) is 254 Å². The van der Waals surface area contributed by atoms with E-state index in [9.17, 15) is 0 Å². The van der Waals surface area contributed by atoms with E-state index in [0.29, 0.717) is 0 Å². The van der Waals surface area contributed by atoms with E-state index >= 15 is 0 Å². The molecule has 0 bridgehead atoms. The molecule has 0 fully saturated rings. The minimum Gasteiger partial charge on any atom is -0.309 e. The zero-order valence-electron chi connectivity index (χ0n) is 36.2. The maximum atomic E-state index is 2.53. The third-order valence-corrected chi connectivity index (χ3v) is 15.1. The van der Waals surface area contributed by atoms with E-state index in [-0.39, 0.29) is 5.25 Å². The maximum Gasteiger partial charge on any atom is 0.0618 e. The Morgan fingerprint density at radius 1 is 0.333 bits per heavy atom. The van der Waals surface area contributed by atoms with E-state index in [1.165, 1.54) is 109 Å². The Hall–Kier alpha value is -7.91. The lowest BCUT2D eigenvalue weighted by Crippen LogP contribution is -2.11. The zero-order valence-corrected chi connectivity index (χ0v) is 37.1. The third-order valence-electron chi connectivity index (χ3n) is 13.7. The Morgan fingerprint density at radius 2 is 0.758 bits per heavy atom. The molecule has 0 saturated carbocycles. The van der Waals surface area contributed by atoms with Gasteiger partial charge in [-0.25, -0.2) is 0 Å². The summed E-state index contributed by atoms with van der Waals surface area (Å²) >= 11 is 2.02. The monoisotopic (exact) mass is 857 g/mol. The van der Waals surface area contributed by atoms with Gasteiger partial charge in [-0.1, -0.05) is 200 Å². The molecule has 0 spiro atoms. The molecule has 1 heterocycles. The van der Waals surface area contributed by atoms with Crippen LogP contribution in [0.1, 0.15) is 22.8 Å². The van der Waals surface area contributed by atoms with Crippen LogP contribution in [0.4, 0.5) is 17.1 Å². The van der Waals surface area contributed by atoms with Gasteiger partial charge in [-0.2, -0.15) is 0 Å². The summed E-state index contributed by atoms with van der Waals surface area (Å²) in [5, 5.41) is 15.4. The highest BCUT2D eigenvalue weighted by Gasteiger charge is 2.28. The van der Waals surface area contributed by atoms with Crippen molar-refractivity contribution in [1.29, 1.82) is 0 Å². The molecule has 0 saturated heterocycles. The topological polar surface area (TPSA) is 3.24 Å². The molecule has 12 aromatic carbocycles. The molecular weight excluding hydrogens is 815 g/mol. The number of rotatable bonds is 7. The lowest BCUT2D eigenvalue weighted by Gasteiger charge is -2.29. The molecule has 0 N–H and O–H groups in total. The summed E-state index contributed by atoms with van der Waals surface area (Å²) in [5.41, 5.74) is 11.2. The Balaban J connectivity index is 0.982. The summed E-state index contributed by atoms with van der Waals surface area (Å²) in [4.78, 5) is 3.78. The van der Waals surface area contributed by atoms with Gasteiger partial charge < -0.3 is 4.90 Å². The first-order chi connectivity index (χ1) is 32.7. The van der Waals surface area contributed by atoms with Crippen molar-refractivity contribution in [3.63, 3.8) is 0 Å². The summed E-state index contributed by atoms with van der Waals surface area (Å²) in [6, 6.07) is 87.5. The van der Waals surface area contributed by atoms with Gasteiger partial charge in [0, 0.05) is 37.9 Å². The molecule has 0 aliphatic carbocycles. The Morgan fingerprint density at radius 3 is 1.29 bits per heavy atom. The van der Waals surface area contributed by atoms with E-state index in [2.05, 4.69) is 248 Å². The zero-order chi connectivity index (χ0) is 43.6. The molecule has 2 heteroatoms. The van der Waals surface area contributed by atoms with Crippen molar-refractivity contribution in [2.24, 2.45) is 0 Å². The molecule has 1 aliphatic rings. The SMILES string of the molecule is C1=C(c2c3ccccc3c(N(c3ccccc3)c3ccccc3)c3ccccc23)SC(c2ccc3c(-c4ccc5ccccc5c4)c4ccccc4c(-c4ccc5ccccc5c4)c3c2)C1. The van der Waals surface area contributed by atoms with Crippen LogP contribution in [0.3, 0.4) is 0 Å². The molecule has 13 rings (SSSR count). The number of anilines is 3. The van der Waals surface area contributed by atoms with E-state index in [1.54, 1.807) is 0 Å². The van der Waals surface area contributed by atoms with Crippen LogP contribution < -0.4 is 4.90 Å². The molecule has 1 atom stereocenters. The van der Waals surface area contributed by atoms with Crippen LogP contribution in [0.15, 0.2) is 243 Å². The number of fused-ring (bicyclic) bond motifs is 6. The number of thioether (sulfide) groups is 1. The Labute approximate surface area is 388 Å². The molecular formula is C64H43NS. The highest BCUT2D eigenvalue weighted by molar-refractivity contribution is 8.08. The third kappa shape index (κ3) is 6.40. The number of hydrogen-bond acceptors (Lipinski definition) is 2. The van der Waals surface area contributed by atoms with Crippen LogP contribution in [0.25, 0.3) is 91.8 Å². The number of para-hydroxylation sites is 2. The quantitative estimate of drug-likeness (QED) is 0.147. The molecule has 0 aromatic heterocycles. The Bertz CT molecular complexity index is 3790. The summed E-state index contributed by atoms with van der Waals surface area (Å²) in [6.45, 7) is 0. The largest absolute Gasteiger partial charge is 0.309 e. The number of allylic oxidation sites excluding steroid dienone is 1. The van der Waals surface area contributed by atoms with Crippen molar-refractivity contribution in [2.45, 2.75) is 11.7 Å². The second-order valence-electron chi connectivity index (χ2n) is 17.5. The maximum absolute atomic E-state index is 2.53. The highest BCUT2D eigenvalue weighted by atomic mass is 32.2. The molecule has 0 amide bonds.